The molecule has 0 amide bonds. The van der Waals surface area contributed by atoms with Gasteiger partial charge in [0.25, 0.3) is 0 Å². The first-order valence-electron chi connectivity index (χ1n) is 7.05. The first-order valence-corrected chi connectivity index (χ1v) is 8.91. The van der Waals surface area contributed by atoms with Crippen molar-refractivity contribution < 1.29 is 8.42 Å². The Morgan fingerprint density at radius 3 is 2.45 bits per heavy atom. The molecule has 3 aliphatic carbocycles. The normalized spacial score (nSPS) is 38.0. The van der Waals surface area contributed by atoms with E-state index in [0.29, 0.717) is 17.5 Å². The van der Waals surface area contributed by atoms with Gasteiger partial charge in [0.2, 0.25) is 10.0 Å². The molecule has 0 heterocycles. The van der Waals surface area contributed by atoms with E-state index in [2.05, 4.69) is 4.72 Å². The molecule has 3 N–H and O–H groups in total. The van der Waals surface area contributed by atoms with Crippen LogP contribution in [0.25, 0.3) is 0 Å². The molecule has 0 radical (unpaired) electrons. The van der Waals surface area contributed by atoms with Gasteiger partial charge in [0, 0.05) is 11.7 Å². The van der Waals surface area contributed by atoms with Gasteiger partial charge >= 0.3 is 0 Å². The lowest BCUT2D eigenvalue weighted by Crippen LogP contribution is -2.30. The maximum atomic E-state index is 12.4. The third-order valence-corrected chi connectivity index (χ3v) is 7.21. The number of rotatable bonds is 3. The van der Waals surface area contributed by atoms with Crippen LogP contribution in [-0.2, 0) is 10.0 Å². The predicted octanol–water partition coefficient (Wildman–Crippen LogP) is 2.25. The standard InChI is InChI=1S/C14H17ClN2O2S/c15-10-6-9(16)3-4-11(10)20(18,19)17-14-12-7-1-2-8(5-7)13(12)14/h3-4,6-8,12-14,17H,1-2,5,16H2. The Balaban J connectivity index is 1.57. The predicted molar refractivity (Wildman–Crippen MR) is 77.8 cm³/mol. The number of sulfonamides is 1. The average Bonchev–Trinajstić information content (AvgIpc) is 2.78. The second kappa shape index (κ2) is 4.12. The highest BCUT2D eigenvalue weighted by Crippen LogP contribution is 2.65. The minimum absolute atomic E-state index is 0.125. The highest BCUT2D eigenvalue weighted by molar-refractivity contribution is 7.89. The number of anilines is 1. The lowest BCUT2D eigenvalue weighted by molar-refractivity contribution is 0.456. The van der Waals surface area contributed by atoms with Crippen molar-refractivity contribution in [2.24, 2.45) is 23.7 Å². The van der Waals surface area contributed by atoms with Crippen LogP contribution in [0.3, 0.4) is 0 Å². The largest absolute Gasteiger partial charge is 0.399 e. The summed E-state index contributed by atoms with van der Waals surface area (Å²) in [6.07, 6.45) is 3.84. The quantitative estimate of drug-likeness (QED) is 0.841. The number of hydrogen-bond donors (Lipinski definition) is 2. The van der Waals surface area contributed by atoms with E-state index in [-0.39, 0.29) is 16.0 Å². The topological polar surface area (TPSA) is 72.2 Å². The highest BCUT2D eigenvalue weighted by Gasteiger charge is 2.65. The van der Waals surface area contributed by atoms with Gasteiger partial charge in [0.1, 0.15) is 4.90 Å². The molecule has 4 atom stereocenters. The van der Waals surface area contributed by atoms with Gasteiger partial charge in [-0.1, -0.05) is 11.6 Å². The summed E-state index contributed by atoms with van der Waals surface area (Å²) in [4.78, 5) is 0.130. The highest BCUT2D eigenvalue weighted by atomic mass is 35.5. The molecule has 3 saturated carbocycles. The number of nitrogens with two attached hydrogens (primary N) is 1. The van der Waals surface area contributed by atoms with Crippen molar-refractivity contribution in [1.82, 2.24) is 4.72 Å². The average molecular weight is 313 g/mol. The van der Waals surface area contributed by atoms with E-state index in [1.54, 1.807) is 6.07 Å². The van der Waals surface area contributed by atoms with E-state index in [1.165, 1.54) is 31.4 Å². The van der Waals surface area contributed by atoms with Gasteiger partial charge in [-0.15, -0.1) is 0 Å². The van der Waals surface area contributed by atoms with Gasteiger partial charge in [-0.25, -0.2) is 13.1 Å². The summed E-state index contributed by atoms with van der Waals surface area (Å²) >= 11 is 6.01. The van der Waals surface area contributed by atoms with E-state index >= 15 is 0 Å². The molecule has 4 rings (SSSR count). The molecule has 1 aromatic rings. The Morgan fingerprint density at radius 2 is 1.85 bits per heavy atom. The Bertz CT molecular complexity index is 660. The van der Waals surface area contributed by atoms with Crippen LogP contribution >= 0.6 is 11.6 Å². The number of nitrogen functional groups attached to an aromatic ring is 1. The zero-order valence-electron chi connectivity index (χ0n) is 10.9. The van der Waals surface area contributed by atoms with E-state index in [0.717, 1.165) is 11.8 Å². The van der Waals surface area contributed by atoms with Crippen LogP contribution in [0.4, 0.5) is 5.69 Å². The van der Waals surface area contributed by atoms with E-state index < -0.39 is 10.0 Å². The molecule has 0 aliphatic heterocycles. The summed E-state index contributed by atoms with van der Waals surface area (Å²) in [5.74, 6) is 2.60. The van der Waals surface area contributed by atoms with Gasteiger partial charge in [-0.3, -0.25) is 0 Å². The molecule has 108 valence electrons. The zero-order valence-corrected chi connectivity index (χ0v) is 12.5. The molecule has 0 spiro atoms. The Hall–Kier alpha value is -0.780. The molecular weight excluding hydrogens is 296 g/mol. The van der Waals surface area contributed by atoms with Crippen molar-refractivity contribution in [2.75, 3.05) is 5.73 Å². The van der Waals surface area contributed by atoms with Crippen molar-refractivity contribution in [1.29, 1.82) is 0 Å². The van der Waals surface area contributed by atoms with E-state index in [9.17, 15) is 8.42 Å². The van der Waals surface area contributed by atoms with Gasteiger partial charge in [0.15, 0.2) is 0 Å². The molecule has 0 saturated heterocycles. The lowest BCUT2D eigenvalue weighted by atomic mass is 10.0. The van der Waals surface area contributed by atoms with Gasteiger partial charge in [0.05, 0.1) is 5.02 Å². The van der Waals surface area contributed by atoms with Crippen molar-refractivity contribution in [3.8, 4) is 0 Å². The van der Waals surface area contributed by atoms with Crippen molar-refractivity contribution in [3.05, 3.63) is 23.2 Å². The minimum Gasteiger partial charge on any atom is -0.399 e. The maximum absolute atomic E-state index is 12.4. The monoisotopic (exact) mass is 312 g/mol. The molecule has 4 nitrogen and oxygen atoms in total. The molecule has 6 heteroatoms. The fourth-order valence-corrected chi connectivity index (χ4v) is 6.32. The van der Waals surface area contributed by atoms with Crippen LogP contribution in [0.1, 0.15) is 19.3 Å². The summed E-state index contributed by atoms with van der Waals surface area (Å²) in [7, 11) is -3.54. The van der Waals surface area contributed by atoms with Gasteiger partial charge < -0.3 is 5.73 Å². The Morgan fingerprint density at radius 1 is 1.20 bits per heavy atom. The number of hydrogen-bond acceptors (Lipinski definition) is 3. The molecular formula is C14H17ClN2O2S. The summed E-state index contributed by atoms with van der Waals surface area (Å²) in [6.45, 7) is 0. The molecule has 0 aromatic heterocycles. The first-order chi connectivity index (χ1) is 9.47. The van der Waals surface area contributed by atoms with Crippen LogP contribution < -0.4 is 10.5 Å². The summed E-state index contributed by atoms with van der Waals surface area (Å²) in [5, 5.41) is 0.186. The first kappa shape index (κ1) is 12.9. The summed E-state index contributed by atoms with van der Waals surface area (Å²) in [5.41, 5.74) is 6.07. The van der Waals surface area contributed by atoms with Crippen molar-refractivity contribution >= 4 is 27.3 Å². The van der Waals surface area contributed by atoms with Gasteiger partial charge in [-0.05, 0) is 61.1 Å². The molecule has 2 bridgehead atoms. The van der Waals surface area contributed by atoms with E-state index in [4.69, 9.17) is 17.3 Å². The molecule has 20 heavy (non-hydrogen) atoms. The Kier molecular flexibility index (Phi) is 2.66. The van der Waals surface area contributed by atoms with E-state index in [1.807, 2.05) is 0 Å². The van der Waals surface area contributed by atoms with Crippen LogP contribution in [-0.4, -0.2) is 14.5 Å². The Labute approximate surface area is 123 Å². The minimum atomic E-state index is -3.54. The number of fused-ring (bicyclic) bond motifs is 5. The second-order valence-corrected chi connectivity index (χ2v) is 8.41. The van der Waals surface area contributed by atoms with Crippen molar-refractivity contribution in [2.45, 2.75) is 30.2 Å². The van der Waals surface area contributed by atoms with Crippen LogP contribution in [0.15, 0.2) is 23.1 Å². The molecule has 1 aromatic carbocycles. The summed E-state index contributed by atoms with van der Waals surface area (Å²) < 4.78 is 27.7. The third kappa shape index (κ3) is 1.80. The second-order valence-electron chi connectivity index (χ2n) is 6.32. The van der Waals surface area contributed by atoms with Crippen LogP contribution in [0.5, 0.6) is 0 Å². The number of nitrogens with one attached hydrogen (secondary N) is 1. The molecule has 3 fully saturated rings. The lowest BCUT2D eigenvalue weighted by Gasteiger charge is -2.12. The smallest absolute Gasteiger partial charge is 0.242 e. The van der Waals surface area contributed by atoms with Crippen LogP contribution in [0.2, 0.25) is 5.02 Å². The molecule has 4 unspecified atom stereocenters. The maximum Gasteiger partial charge on any atom is 0.242 e. The SMILES string of the molecule is Nc1ccc(S(=O)(=O)NC2C3C4CCC(C4)C23)c(Cl)c1. The fraction of sp³-hybridized carbons (Fsp3) is 0.571. The van der Waals surface area contributed by atoms with Crippen molar-refractivity contribution in [3.63, 3.8) is 0 Å². The third-order valence-electron chi connectivity index (χ3n) is 5.27. The van der Waals surface area contributed by atoms with Crippen LogP contribution in [0, 0.1) is 23.7 Å². The zero-order chi connectivity index (χ0) is 14.1. The summed E-state index contributed by atoms with van der Waals surface area (Å²) in [6, 6.07) is 4.65. The van der Waals surface area contributed by atoms with Gasteiger partial charge in [-0.2, -0.15) is 0 Å². The molecule has 3 aliphatic rings. The number of halogens is 1. The number of benzene rings is 1. The fourth-order valence-electron chi connectivity index (χ4n) is 4.46.